The Kier molecular flexibility index (Phi) is 38.2. The lowest BCUT2D eigenvalue weighted by atomic mass is 10.0. The third-order valence-electron chi connectivity index (χ3n) is 17.7. The van der Waals surface area contributed by atoms with E-state index >= 15 is 0 Å². The number of fused-ring (bicyclic) bond motifs is 2. The van der Waals surface area contributed by atoms with Gasteiger partial charge in [-0.1, -0.05) is 315 Å². The fourth-order valence-corrected chi connectivity index (χ4v) is 12.1. The van der Waals surface area contributed by atoms with Crippen molar-refractivity contribution < 1.29 is 54.9 Å². The fourth-order valence-electron chi connectivity index (χ4n) is 11.6. The van der Waals surface area contributed by atoms with Crippen LogP contribution in [-0.2, 0) is 19.3 Å². The predicted molar refractivity (Wildman–Crippen MR) is 469 cm³/mol. The van der Waals surface area contributed by atoms with Gasteiger partial charge in [-0.25, -0.2) is 36.2 Å². The topological polar surface area (TPSA) is 87.2 Å². The summed E-state index contributed by atoms with van der Waals surface area (Å²) in [5, 5.41) is 3.92. The maximum atomic E-state index is 14.3. The van der Waals surface area contributed by atoms with E-state index in [4.69, 9.17) is 53.8 Å². The summed E-state index contributed by atoms with van der Waals surface area (Å²) in [6, 6.07) is 107. The summed E-state index contributed by atoms with van der Waals surface area (Å²) in [6.07, 6.45) is -3.27. The largest absolute Gasteiger partial charge is 0.494 e. The molecule has 1 aliphatic heterocycles. The van der Waals surface area contributed by atoms with E-state index in [9.17, 15) is 35.9 Å². The molecular weight excluding hydrogens is 1560 g/mol. The van der Waals surface area contributed by atoms with Gasteiger partial charge < -0.3 is 18.9 Å². The molecule has 6 unspecified atom stereocenters. The van der Waals surface area contributed by atoms with E-state index in [-0.39, 0.29) is 17.5 Å². The number of benzene rings is 13. The molecule has 8 nitrogen and oxygen atoms in total. The third kappa shape index (κ3) is 30.9. The third-order valence-corrected chi connectivity index (χ3v) is 18.5. The van der Waals surface area contributed by atoms with Crippen molar-refractivity contribution in [1.29, 1.82) is 0 Å². The molecule has 0 fully saturated rings. The summed E-state index contributed by atoms with van der Waals surface area (Å²) in [6.45, 7) is 13.3. The zero-order valence-corrected chi connectivity index (χ0v) is 69.0. The number of aryl methyl sites for hydroxylation is 3. The van der Waals surface area contributed by atoms with Crippen LogP contribution in [0.3, 0.4) is 0 Å². The van der Waals surface area contributed by atoms with Gasteiger partial charge in [0.2, 0.25) is 18.6 Å². The standard InChI is InChI=1S/C16H12FNO2.C14H12ClF.C14H14FNO2.C14H13F.C14H14.C12H12O.C9H11F.C8H7Cl2FO/c17-14(10-11-6-2-1-3-7-11)18-15(19)12-8-4-5-9-13(12)16(18)20;1-10-2-4-11(5-3-10)14(16)12-6-8-13(15)9-7-12;1-10-3-8-14(16-9-10)18-13-6-4-12(5-7-13)17-11(2)15;15-14(13-9-5-2-6-10-13)11-12-7-3-1-4-8-12;1-2-12-8-10-14(11-9-12)13-6-4-3-5-7-13;1-2-13-12-8-7-10-5-3-4-6-11(10)9-12;1-2-9(10)8-6-4-3-5-7-8;1-5(11)12-8-3-2-6(9)4-7(8)10/h1-9,14H,10H2;2-9,14H,1H3;3-9,11H,1-2H3;1-10,14H,11H2;3-11H,2H2,1H3;3-9H,2H2,1H3;3-7,9H,2H2,1H3;2-5H,1H3. The molecule has 2 heterocycles. The number of imide groups is 1. The van der Waals surface area contributed by atoms with Crippen LogP contribution in [-0.4, -0.2) is 47.3 Å². The van der Waals surface area contributed by atoms with Gasteiger partial charge in [-0.05, 0) is 179 Å². The Balaban J connectivity index is 0.000000169. The van der Waals surface area contributed by atoms with Crippen LogP contribution in [0.4, 0.5) is 26.3 Å². The van der Waals surface area contributed by atoms with Gasteiger partial charge in [0.25, 0.3) is 11.8 Å². The molecule has 1 aromatic heterocycles. The molecule has 2 amide bonds. The van der Waals surface area contributed by atoms with E-state index < -0.39 is 49.3 Å². The number of aromatic nitrogens is 1. The number of alkyl halides is 6. The quantitative estimate of drug-likeness (QED) is 0.0427. The van der Waals surface area contributed by atoms with Crippen molar-refractivity contribution in [3.05, 3.63) is 428 Å². The van der Waals surface area contributed by atoms with E-state index in [0.29, 0.717) is 67.1 Å². The van der Waals surface area contributed by atoms with E-state index in [1.165, 1.54) is 53.4 Å². The van der Waals surface area contributed by atoms with Crippen LogP contribution in [0.2, 0.25) is 15.1 Å². The fraction of sp³-hybridized carbons (Fsp3) is 0.178. The van der Waals surface area contributed by atoms with Crippen molar-refractivity contribution in [2.75, 3.05) is 6.61 Å². The first kappa shape index (κ1) is 91.6. The molecule has 14 aromatic rings. The Morgan fingerprint density at radius 1 is 0.390 bits per heavy atom. The van der Waals surface area contributed by atoms with Crippen LogP contribution in [0.1, 0.15) is 130 Å². The van der Waals surface area contributed by atoms with Crippen molar-refractivity contribution in [3.63, 3.8) is 0 Å². The summed E-state index contributed by atoms with van der Waals surface area (Å²) in [5.41, 5.74) is 11.3. The first-order chi connectivity index (χ1) is 57.1. The molecule has 15 rings (SSSR count). The number of halogens is 9. The minimum absolute atomic E-state index is 0.00626. The number of carbonyl (C=O) groups excluding carboxylic acids is 2. The summed E-state index contributed by atoms with van der Waals surface area (Å²) in [7, 11) is 0. The molecule has 0 spiro atoms. The zero-order valence-electron chi connectivity index (χ0n) is 66.7. The Morgan fingerprint density at radius 3 is 1.36 bits per heavy atom. The predicted octanol–water partition coefficient (Wildman–Crippen LogP) is 29.3. The smallest absolute Gasteiger partial charge is 0.263 e. The van der Waals surface area contributed by atoms with Crippen LogP contribution < -0.4 is 18.9 Å². The van der Waals surface area contributed by atoms with Crippen LogP contribution in [0.25, 0.3) is 21.9 Å². The maximum Gasteiger partial charge on any atom is 0.263 e. The van der Waals surface area contributed by atoms with Crippen LogP contribution >= 0.6 is 34.8 Å². The van der Waals surface area contributed by atoms with E-state index in [2.05, 4.69) is 84.7 Å². The Morgan fingerprint density at radius 2 is 0.847 bits per heavy atom. The highest BCUT2D eigenvalue weighted by Crippen LogP contribution is 2.32. The Labute approximate surface area is 704 Å². The highest BCUT2D eigenvalue weighted by atomic mass is 35.5. The van der Waals surface area contributed by atoms with Crippen LogP contribution in [0.5, 0.6) is 28.9 Å². The molecule has 6 atom stereocenters. The number of pyridine rings is 1. The lowest BCUT2D eigenvalue weighted by Gasteiger charge is -2.19. The van der Waals surface area contributed by atoms with Gasteiger partial charge in [-0.2, -0.15) is 0 Å². The lowest BCUT2D eigenvalue weighted by Crippen LogP contribution is -2.38. The summed E-state index contributed by atoms with van der Waals surface area (Å²) < 4.78 is 101. The second kappa shape index (κ2) is 49.2. The Hall–Kier alpha value is -11.9. The van der Waals surface area contributed by atoms with Crippen LogP contribution in [0, 0.1) is 13.8 Å². The van der Waals surface area contributed by atoms with Gasteiger partial charge in [0.05, 0.1) is 22.8 Å². The van der Waals surface area contributed by atoms with Crippen molar-refractivity contribution in [2.24, 2.45) is 0 Å². The average Bonchev–Trinajstić information content (AvgIpc) is 1.63. The molecule has 0 saturated carbocycles. The SMILES string of the molecule is CC(F)Oc1ccc(Cl)cc1Cl.CCC(F)c1ccccc1.CCOc1ccc2ccccc2c1.CCc1ccc(-c2ccccc2)cc1.Cc1ccc(C(F)c2ccc(Cl)cc2)cc1.Cc1ccc(Oc2ccc(OC(C)F)cc2)nc1.FC(Cc1ccccc1)c1ccccc1.O=C1c2ccccc2C(=O)N1C(F)Cc1ccccc1. The van der Waals surface area contributed by atoms with Crippen LogP contribution in [0.15, 0.2) is 352 Å². The minimum atomic E-state index is -1.65. The molecule has 0 aliphatic carbocycles. The highest BCUT2D eigenvalue weighted by Gasteiger charge is 2.40. The first-order valence-corrected chi connectivity index (χ1v) is 39.8. The average molecular weight is 1650 g/mol. The second-order valence-electron chi connectivity index (χ2n) is 26.8. The van der Waals surface area contributed by atoms with Gasteiger partial charge >= 0.3 is 0 Å². The van der Waals surface area contributed by atoms with E-state index in [1.807, 2.05) is 179 Å². The number of hydrogen-bond donors (Lipinski definition) is 0. The summed E-state index contributed by atoms with van der Waals surface area (Å²) in [5.74, 6) is 1.74. The molecule has 17 heteroatoms. The number of carbonyl (C=O) groups is 2. The number of hydrogen-bond acceptors (Lipinski definition) is 7. The number of rotatable bonds is 20. The molecule has 1 aliphatic rings. The maximum absolute atomic E-state index is 14.3. The van der Waals surface area contributed by atoms with Crippen molar-refractivity contribution in [3.8, 4) is 40.0 Å². The van der Waals surface area contributed by atoms with Gasteiger partial charge in [0.1, 0.15) is 35.3 Å². The molecule has 0 bridgehead atoms. The Bertz CT molecular complexity index is 5150. The lowest BCUT2D eigenvalue weighted by molar-refractivity contribution is 0.0418. The van der Waals surface area contributed by atoms with Crippen molar-refractivity contribution >= 4 is 57.4 Å². The molecule has 0 N–H and O–H groups in total. The highest BCUT2D eigenvalue weighted by molar-refractivity contribution is 6.35. The molecule has 0 saturated heterocycles. The molecule has 0 radical (unpaired) electrons. The number of nitrogens with zero attached hydrogens (tertiary/aromatic N) is 2. The van der Waals surface area contributed by atoms with Gasteiger partial charge in [-0.15, -0.1) is 0 Å². The van der Waals surface area contributed by atoms with Gasteiger partial charge in [-0.3, -0.25) is 9.59 Å². The zero-order chi connectivity index (χ0) is 84.6. The monoisotopic (exact) mass is 1650 g/mol. The second-order valence-corrected chi connectivity index (χ2v) is 28.1. The molecule has 118 heavy (non-hydrogen) atoms. The van der Waals surface area contributed by atoms with Gasteiger partial charge in [0, 0.05) is 49.0 Å². The number of ether oxygens (including phenoxy) is 4. The van der Waals surface area contributed by atoms with Crippen molar-refractivity contribution in [1.82, 2.24) is 9.88 Å². The van der Waals surface area contributed by atoms with Gasteiger partial charge in [0.15, 0.2) is 12.5 Å². The van der Waals surface area contributed by atoms with Crippen molar-refractivity contribution in [2.45, 2.75) is 112 Å². The molecular formula is C101H95Cl3F6N2O6. The molecule has 13 aromatic carbocycles. The van der Waals surface area contributed by atoms with E-state index in [0.717, 1.165) is 52.2 Å². The summed E-state index contributed by atoms with van der Waals surface area (Å²) in [4.78, 5) is 29.0. The summed E-state index contributed by atoms with van der Waals surface area (Å²) >= 11 is 17.1. The normalized spacial score (nSPS) is 12.4. The first-order valence-electron chi connectivity index (χ1n) is 38.6. The minimum Gasteiger partial charge on any atom is -0.494 e. The molecule has 608 valence electrons. The number of amides is 2. The van der Waals surface area contributed by atoms with E-state index in [1.54, 1.807) is 115 Å².